The van der Waals surface area contributed by atoms with E-state index in [9.17, 15) is 18.0 Å². The molecule has 1 heterocycles. The number of hydrogen-bond donors (Lipinski definition) is 1. The summed E-state index contributed by atoms with van der Waals surface area (Å²) in [6, 6.07) is 30.0. The number of hydrogen-bond acceptors (Lipinski definition) is 6. The van der Waals surface area contributed by atoms with Crippen molar-refractivity contribution in [2.75, 3.05) is 35.9 Å². The number of anilines is 2. The highest BCUT2D eigenvalue weighted by atomic mass is 32.2. The minimum atomic E-state index is -4.25. The SMILES string of the molecule is COc1ccc(C)cc1S(=O)(=O)N(CC(=O)N1C[C@H](C(=O)NCCc2ccccc2)Oc2ccccc21)c1ccccc1. The van der Waals surface area contributed by atoms with Crippen molar-refractivity contribution in [2.24, 2.45) is 0 Å². The number of nitrogens with zero attached hydrogens (tertiary/aromatic N) is 2. The Morgan fingerprint density at radius 2 is 1.63 bits per heavy atom. The first-order valence-electron chi connectivity index (χ1n) is 13.9. The Labute approximate surface area is 251 Å². The van der Waals surface area contributed by atoms with Crippen molar-refractivity contribution < 1.29 is 27.5 Å². The zero-order chi connectivity index (χ0) is 30.4. The van der Waals surface area contributed by atoms with Crippen molar-refractivity contribution in [3.05, 3.63) is 114 Å². The van der Waals surface area contributed by atoms with Crippen molar-refractivity contribution >= 4 is 33.2 Å². The van der Waals surface area contributed by atoms with Gasteiger partial charge in [0.05, 0.1) is 25.0 Å². The highest BCUT2D eigenvalue weighted by Gasteiger charge is 2.37. The van der Waals surface area contributed by atoms with Crippen molar-refractivity contribution in [1.29, 1.82) is 0 Å². The quantitative estimate of drug-likeness (QED) is 0.291. The lowest BCUT2D eigenvalue weighted by Gasteiger charge is -2.35. The number of carbonyl (C=O) groups excluding carboxylic acids is 2. The first-order valence-corrected chi connectivity index (χ1v) is 15.3. The predicted octanol–water partition coefficient (Wildman–Crippen LogP) is 4.35. The molecule has 0 radical (unpaired) electrons. The number of ether oxygens (including phenoxy) is 2. The van der Waals surface area contributed by atoms with E-state index in [1.807, 2.05) is 30.3 Å². The molecule has 0 aromatic heterocycles. The van der Waals surface area contributed by atoms with Gasteiger partial charge in [-0.1, -0.05) is 66.7 Å². The number of methoxy groups -OCH3 is 1. The third-order valence-electron chi connectivity index (χ3n) is 7.13. The Bertz CT molecular complexity index is 1700. The lowest BCUT2D eigenvalue weighted by atomic mass is 10.1. The van der Waals surface area contributed by atoms with Gasteiger partial charge in [0.15, 0.2) is 6.10 Å². The van der Waals surface area contributed by atoms with E-state index < -0.39 is 28.6 Å². The van der Waals surface area contributed by atoms with Crippen LogP contribution < -0.4 is 24.0 Å². The molecule has 1 aliphatic rings. The number of para-hydroxylation sites is 3. The Kier molecular flexibility index (Phi) is 8.96. The molecule has 43 heavy (non-hydrogen) atoms. The van der Waals surface area contributed by atoms with Crippen LogP contribution in [0, 0.1) is 6.92 Å². The van der Waals surface area contributed by atoms with Gasteiger partial charge in [-0.2, -0.15) is 0 Å². The molecule has 4 aromatic rings. The van der Waals surface area contributed by atoms with Crippen molar-refractivity contribution in [2.45, 2.75) is 24.3 Å². The van der Waals surface area contributed by atoms with E-state index in [0.29, 0.717) is 30.1 Å². The van der Waals surface area contributed by atoms with Gasteiger partial charge in [0, 0.05) is 6.54 Å². The van der Waals surface area contributed by atoms with Crippen LogP contribution in [-0.4, -0.2) is 53.1 Å². The first-order chi connectivity index (χ1) is 20.8. The lowest BCUT2D eigenvalue weighted by molar-refractivity contribution is -0.128. The topological polar surface area (TPSA) is 105 Å². The van der Waals surface area contributed by atoms with Crippen LogP contribution in [0.5, 0.6) is 11.5 Å². The largest absolute Gasteiger partial charge is 0.495 e. The van der Waals surface area contributed by atoms with E-state index in [1.165, 1.54) is 18.1 Å². The number of benzene rings is 4. The van der Waals surface area contributed by atoms with Gasteiger partial charge >= 0.3 is 0 Å². The Morgan fingerprint density at radius 3 is 2.35 bits per heavy atom. The molecule has 4 aromatic carbocycles. The Hall–Kier alpha value is -4.83. The third kappa shape index (κ3) is 6.65. The molecule has 222 valence electrons. The summed E-state index contributed by atoms with van der Waals surface area (Å²) in [5.41, 5.74) is 2.58. The van der Waals surface area contributed by atoms with Gasteiger partial charge < -0.3 is 19.7 Å². The summed E-state index contributed by atoms with van der Waals surface area (Å²) in [5, 5.41) is 2.90. The monoisotopic (exact) mass is 599 g/mol. The molecular formula is C33H33N3O6S. The Balaban J connectivity index is 1.41. The number of carbonyl (C=O) groups is 2. The molecule has 0 spiro atoms. The zero-order valence-electron chi connectivity index (χ0n) is 24.0. The van der Waals surface area contributed by atoms with E-state index in [4.69, 9.17) is 9.47 Å². The molecule has 0 fully saturated rings. The third-order valence-corrected chi connectivity index (χ3v) is 8.93. The summed E-state index contributed by atoms with van der Waals surface area (Å²) in [6.45, 7) is 1.59. The van der Waals surface area contributed by atoms with Gasteiger partial charge in [-0.15, -0.1) is 0 Å². The number of nitrogens with one attached hydrogen (secondary N) is 1. The second-order valence-electron chi connectivity index (χ2n) is 10.1. The average Bonchev–Trinajstić information content (AvgIpc) is 3.03. The average molecular weight is 600 g/mol. The predicted molar refractivity (Wildman–Crippen MR) is 165 cm³/mol. The summed E-state index contributed by atoms with van der Waals surface area (Å²) in [6.07, 6.45) is -0.335. The second-order valence-corrected chi connectivity index (χ2v) is 11.9. The van der Waals surface area contributed by atoms with Crippen LogP contribution in [0.15, 0.2) is 108 Å². The number of sulfonamides is 1. The van der Waals surface area contributed by atoms with Crippen LogP contribution in [0.3, 0.4) is 0 Å². The van der Waals surface area contributed by atoms with Crippen molar-refractivity contribution in [3.63, 3.8) is 0 Å². The fourth-order valence-electron chi connectivity index (χ4n) is 4.92. The summed E-state index contributed by atoms with van der Waals surface area (Å²) >= 11 is 0. The summed E-state index contributed by atoms with van der Waals surface area (Å²) in [4.78, 5) is 28.5. The lowest BCUT2D eigenvalue weighted by Crippen LogP contribution is -2.53. The summed E-state index contributed by atoms with van der Waals surface area (Å²) in [5.74, 6) is -0.347. The molecule has 0 saturated heterocycles. The van der Waals surface area contributed by atoms with Gasteiger partial charge in [-0.3, -0.25) is 13.9 Å². The van der Waals surface area contributed by atoms with E-state index in [-0.39, 0.29) is 23.1 Å². The fraction of sp³-hybridized carbons (Fsp3) is 0.212. The van der Waals surface area contributed by atoms with Gasteiger partial charge in [-0.05, 0) is 60.9 Å². The van der Waals surface area contributed by atoms with E-state index in [2.05, 4.69) is 5.32 Å². The van der Waals surface area contributed by atoms with Gasteiger partial charge in [-0.25, -0.2) is 8.42 Å². The van der Waals surface area contributed by atoms with Gasteiger partial charge in [0.25, 0.3) is 15.9 Å². The molecule has 0 aliphatic carbocycles. The Morgan fingerprint density at radius 1 is 0.953 bits per heavy atom. The highest BCUT2D eigenvalue weighted by molar-refractivity contribution is 7.93. The summed E-state index contributed by atoms with van der Waals surface area (Å²) < 4.78 is 40.7. The number of fused-ring (bicyclic) bond motifs is 1. The van der Waals surface area contributed by atoms with Crippen molar-refractivity contribution in [1.82, 2.24) is 5.32 Å². The van der Waals surface area contributed by atoms with E-state index in [1.54, 1.807) is 73.7 Å². The maximum Gasteiger partial charge on any atom is 0.268 e. The minimum Gasteiger partial charge on any atom is -0.495 e. The molecule has 2 amide bonds. The molecule has 0 bridgehead atoms. The molecule has 0 saturated carbocycles. The standard InChI is InChI=1S/C33H33N3O6S/c1-24-17-18-29(41-2)31(21-24)43(39,40)36(26-13-7-4-8-14-26)23-32(37)35-22-30(42-28-16-10-9-15-27(28)35)33(38)34-20-19-25-11-5-3-6-12-25/h3-18,21,30H,19-20,22-23H2,1-2H3,(H,34,38)/t30-/m1/s1. The van der Waals surface area contributed by atoms with Crippen molar-refractivity contribution in [3.8, 4) is 11.5 Å². The van der Waals surface area contributed by atoms with Crippen LogP contribution >= 0.6 is 0 Å². The molecule has 1 aliphatic heterocycles. The van der Waals surface area contributed by atoms with E-state index in [0.717, 1.165) is 15.4 Å². The summed E-state index contributed by atoms with van der Waals surface area (Å²) in [7, 11) is -2.85. The fourth-order valence-corrected chi connectivity index (χ4v) is 6.57. The smallest absolute Gasteiger partial charge is 0.268 e. The maximum absolute atomic E-state index is 14.1. The molecular weight excluding hydrogens is 566 g/mol. The van der Waals surface area contributed by atoms with Crippen LogP contribution in [0.2, 0.25) is 0 Å². The number of rotatable bonds is 10. The molecule has 1 N–H and O–H groups in total. The minimum absolute atomic E-state index is 0.0512. The normalized spacial score (nSPS) is 14.3. The van der Waals surface area contributed by atoms with E-state index >= 15 is 0 Å². The van der Waals surface area contributed by atoms with Gasteiger partial charge in [0.2, 0.25) is 5.91 Å². The molecule has 0 unspecified atom stereocenters. The van der Waals surface area contributed by atoms with Crippen LogP contribution in [-0.2, 0) is 26.0 Å². The molecule has 1 atom stereocenters. The van der Waals surface area contributed by atoms with Crippen LogP contribution in [0.1, 0.15) is 11.1 Å². The second kappa shape index (κ2) is 13.0. The van der Waals surface area contributed by atoms with Crippen LogP contribution in [0.25, 0.3) is 0 Å². The molecule has 9 nitrogen and oxygen atoms in total. The molecule has 5 rings (SSSR count). The zero-order valence-corrected chi connectivity index (χ0v) is 24.8. The molecule has 10 heteroatoms. The first kappa shape index (κ1) is 29.7. The number of aryl methyl sites for hydroxylation is 1. The maximum atomic E-state index is 14.1. The van der Waals surface area contributed by atoms with Crippen LogP contribution in [0.4, 0.5) is 11.4 Å². The number of amides is 2. The van der Waals surface area contributed by atoms with Gasteiger partial charge in [0.1, 0.15) is 22.9 Å². The highest BCUT2D eigenvalue weighted by Crippen LogP contribution is 2.35.